The average Bonchev–Trinajstić information content (AvgIpc) is 2.79. The Labute approximate surface area is 187 Å². The number of phenolic OH excluding ortho intramolecular Hbond substituents is 1. The molecule has 3 aromatic carbocycles. The van der Waals surface area contributed by atoms with Crippen LogP contribution in [0.4, 0.5) is 5.95 Å². The zero-order valence-corrected chi connectivity index (χ0v) is 18.3. The quantitative estimate of drug-likeness (QED) is 0.434. The highest BCUT2D eigenvalue weighted by atomic mass is 16.5. The predicted octanol–water partition coefficient (Wildman–Crippen LogP) is 5.30. The number of nitrogens with two attached hydrogens (primary N) is 1. The lowest BCUT2D eigenvalue weighted by molar-refractivity contribution is 0.303. The van der Waals surface area contributed by atoms with Gasteiger partial charge in [0.05, 0.1) is 12.8 Å². The Balaban J connectivity index is 1.68. The third kappa shape index (κ3) is 4.34. The molecule has 0 unspecified atom stereocenters. The molecule has 3 N–H and O–H groups in total. The fourth-order valence-corrected chi connectivity index (χ4v) is 3.58. The van der Waals surface area contributed by atoms with Crippen LogP contribution in [0.15, 0.2) is 66.9 Å². The van der Waals surface area contributed by atoms with Gasteiger partial charge in [-0.3, -0.25) is 0 Å². The summed E-state index contributed by atoms with van der Waals surface area (Å²) in [6, 6.07) is 19.0. The summed E-state index contributed by atoms with van der Waals surface area (Å²) in [4.78, 5) is 8.56. The second kappa shape index (κ2) is 8.98. The largest absolute Gasteiger partial charge is 0.507 e. The Morgan fingerprint density at radius 2 is 1.75 bits per heavy atom. The van der Waals surface area contributed by atoms with Crippen molar-refractivity contribution in [3.8, 4) is 39.6 Å². The van der Waals surface area contributed by atoms with Crippen LogP contribution in [0.1, 0.15) is 16.7 Å². The summed E-state index contributed by atoms with van der Waals surface area (Å²) in [6.45, 7) is 4.52. The first kappa shape index (κ1) is 21.2. The van der Waals surface area contributed by atoms with Crippen molar-refractivity contribution >= 4 is 5.95 Å². The molecule has 0 fully saturated rings. The summed E-state index contributed by atoms with van der Waals surface area (Å²) in [5.74, 6) is 1.40. The van der Waals surface area contributed by atoms with E-state index in [0.29, 0.717) is 34.9 Å². The van der Waals surface area contributed by atoms with E-state index in [9.17, 15) is 5.11 Å². The van der Waals surface area contributed by atoms with E-state index in [1.54, 1.807) is 25.4 Å². The van der Waals surface area contributed by atoms with Gasteiger partial charge in [-0.15, -0.1) is 0 Å². The van der Waals surface area contributed by atoms with Crippen LogP contribution in [-0.2, 0) is 6.61 Å². The van der Waals surface area contributed by atoms with Crippen molar-refractivity contribution < 1.29 is 14.6 Å². The van der Waals surface area contributed by atoms with Crippen LogP contribution in [0.2, 0.25) is 0 Å². The molecule has 6 nitrogen and oxygen atoms in total. The Morgan fingerprint density at radius 1 is 0.938 bits per heavy atom. The van der Waals surface area contributed by atoms with Crippen molar-refractivity contribution in [2.75, 3.05) is 12.8 Å². The summed E-state index contributed by atoms with van der Waals surface area (Å²) in [7, 11) is 1.61. The molecule has 4 rings (SSSR count). The van der Waals surface area contributed by atoms with Crippen molar-refractivity contribution in [3.05, 3.63) is 83.6 Å². The van der Waals surface area contributed by atoms with Gasteiger partial charge < -0.3 is 20.3 Å². The molecule has 0 aliphatic rings. The molecule has 1 aromatic heterocycles. The maximum Gasteiger partial charge on any atom is 0.220 e. The van der Waals surface area contributed by atoms with Crippen molar-refractivity contribution in [2.24, 2.45) is 0 Å². The van der Waals surface area contributed by atoms with Crippen LogP contribution in [0.3, 0.4) is 0 Å². The third-order valence-corrected chi connectivity index (χ3v) is 5.33. The molecule has 162 valence electrons. The molecular weight excluding hydrogens is 402 g/mol. The second-order valence-electron chi connectivity index (χ2n) is 7.59. The van der Waals surface area contributed by atoms with E-state index in [1.165, 1.54) is 5.56 Å². The van der Waals surface area contributed by atoms with Gasteiger partial charge in [-0.1, -0.05) is 42.0 Å². The number of nitrogen functional groups attached to an aromatic ring is 1. The molecule has 32 heavy (non-hydrogen) atoms. The number of aromatic nitrogens is 2. The molecule has 0 radical (unpaired) electrons. The van der Waals surface area contributed by atoms with E-state index in [-0.39, 0.29) is 11.7 Å². The van der Waals surface area contributed by atoms with Gasteiger partial charge in [-0.05, 0) is 43.2 Å². The monoisotopic (exact) mass is 427 g/mol. The first-order chi connectivity index (χ1) is 15.5. The molecule has 6 heteroatoms. The average molecular weight is 428 g/mol. The first-order valence-corrected chi connectivity index (χ1v) is 10.2. The number of benzene rings is 3. The van der Waals surface area contributed by atoms with Gasteiger partial charge in [0.15, 0.2) is 0 Å². The summed E-state index contributed by atoms with van der Waals surface area (Å²) in [6.07, 6.45) is 1.64. The van der Waals surface area contributed by atoms with Crippen LogP contribution in [0, 0.1) is 13.8 Å². The summed E-state index contributed by atoms with van der Waals surface area (Å²) in [5.41, 5.74) is 11.9. The molecule has 1 heterocycles. The van der Waals surface area contributed by atoms with Crippen LogP contribution in [0.5, 0.6) is 17.2 Å². The van der Waals surface area contributed by atoms with Crippen molar-refractivity contribution in [1.29, 1.82) is 0 Å². The van der Waals surface area contributed by atoms with E-state index in [2.05, 4.69) is 42.0 Å². The number of aromatic hydroxyl groups is 1. The molecule has 0 spiro atoms. The number of rotatable bonds is 6. The smallest absolute Gasteiger partial charge is 0.220 e. The van der Waals surface area contributed by atoms with E-state index in [1.807, 2.05) is 30.3 Å². The van der Waals surface area contributed by atoms with Gasteiger partial charge in [-0.25, -0.2) is 9.97 Å². The van der Waals surface area contributed by atoms with E-state index >= 15 is 0 Å². The van der Waals surface area contributed by atoms with Crippen molar-refractivity contribution in [3.63, 3.8) is 0 Å². The lowest BCUT2D eigenvalue weighted by Gasteiger charge is -2.15. The third-order valence-electron chi connectivity index (χ3n) is 5.33. The molecular formula is C26H25N3O3. The number of phenols is 1. The SMILES string of the molecule is COc1ccccc1-c1cnc(N)nc1-c1ccc(OCc2cc(C)ccc2C)cc1O. The highest BCUT2D eigenvalue weighted by molar-refractivity contribution is 5.86. The summed E-state index contributed by atoms with van der Waals surface area (Å²) < 4.78 is 11.4. The number of nitrogens with zero attached hydrogens (tertiary/aromatic N) is 2. The van der Waals surface area contributed by atoms with E-state index in [4.69, 9.17) is 15.2 Å². The fourth-order valence-electron chi connectivity index (χ4n) is 3.58. The first-order valence-electron chi connectivity index (χ1n) is 10.2. The number of aryl methyl sites for hydroxylation is 2. The predicted molar refractivity (Wildman–Crippen MR) is 126 cm³/mol. The molecule has 0 aliphatic carbocycles. The van der Waals surface area contributed by atoms with Crippen LogP contribution >= 0.6 is 0 Å². The molecule has 4 aromatic rings. The number of para-hydroxylation sites is 1. The van der Waals surface area contributed by atoms with Crippen LogP contribution in [-0.4, -0.2) is 22.2 Å². The second-order valence-corrected chi connectivity index (χ2v) is 7.59. The van der Waals surface area contributed by atoms with Crippen molar-refractivity contribution in [1.82, 2.24) is 9.97 Å². The molecule has 0 saturated carbocycles. The Morgan fingerprint density at radius 3 is 2.53 bits per heavy atom. The van der Waals surface area contributed by atoms with E-state index < -0.39 is 0 Å². The topological polar surface area (TPSA) is 90.5 Å². The van der Waals surface area contributed by atoms with E-state index in [0.717, 1.165) is 16.7 Å². The Hall–Kier alpha value is -4.06. The number of ether oxygens (including phenoxy) is 2. The lowest BCUT2D eigenvalue weighted by atomic mass is 9.99. The minimum atomic E-state index is 0.0395. The standard InChI is InChI=1S/C26H25N3O3/c1-16-8-9-17(2)18(12-16)15-32-19-10-11-21(23(30)13-19)25-22(14-28-26(27)29-25)20-6-4-5-7-24(20)31-3/h4-14,30H,15H2,1-3H3,(H2,27,28,29). The number of anilines is 1. The summed E-state index contributed by atoms with van der Waals surface area (Å²) in [5, 5.41) is 10.8. The number of hydrogen-bond donors (Lipinski definition) is 2. The highest BCUT2D eigenvalue weighted by Crippen LogP contribution is 2.40. The molecule has 0 saturated heterocycles. The van der Waals surface area contributed by atoms with Gasteiger partial charge in [-0.2, -0.15) is 0 Å². The Bertz CT molecular complexity index is 1270. The Kier molecular flexibility index (Phi) is 5.94. The molecule has 0 atom stereocenters. The van der Waals surface area contributed by atoms with Gasteiger partial charge in [0.25, 0.3) is 0 Å². The minimum Gasteiger partial charge on any atom is -0.507 e. The minimum absolute atomic E-state index is 0.0395. The molecule has 0 amide bonds. The van der Waals surface area contributed by atoms with Crippen molar-refractivity contribution in [2.45, 2.75) is 20.5 Å². The van der Waals surface area contributed by atoms with Gasteiger partial charge >= 0.3 is 0 Å². The molecule has 0 aliphatic heterocycles. The number of hydrogen-bond acceptors (Lipinski definition) is 6. The zero-order valence-electron chi connectivity index (χ0n) is 18.3. The highest BCUT2D eigenvalue weighted by Gasteiger charge is 2.17. The maximum atomic E-state index is 10.8. The molecule has 0 bridgehead atoms. The normalized spacial score (nSPS) is 10.7. The van der Waals surface area contributed by atoms with Crippen LogP contribution in [0.25, 0.3) is 22.4 Å². The number of methoxy groups -OCH3 is 1. The van der Waals surface area contributed by atoms with Gasteiger partial charge in [0.1, 0.15) is 23.9 Å². The van der Waals surface area contributed by atoms with Gasteiger partial charge in [0.2, 0.25) is 5.95 Å². The maximum absolute atomic E-state index is 10.8. The summed E-state index contributed by atoms with van der Waals surface area (Å²) >= 11 is 0. The zero-order chi connectivity index (χ0) is 22.7. The van der Waals surface area contributed by atoms with Gasteiger partial charge in [0, 0.05) is 29.0 Å². The lowest BCUT2D eigenvalue weighted by Crippen LogP contribution is -2.01. The van der Waals surface area contributed by atoms with Crippen LogP contribution < -0.4 is 15.2 Å². The fraction of sp³-hybridized carbons (Fsp3) is 0.154.